The third-order valence-corrected chi connectivity index (χ3v) is 3.82. The second-order valence-corrected chi connectivity index (χ2v) is 5.29. The summed E-state index contributed by atoms with van der Waals surface area (Å²) in [5.74, 6) is -1.26. The number of rotatable bonds is 5. The van der Waals surface area contributed by atoms with Gasteiger partial charge in [0.25, 0.3) is 5.91 Å². The molecule has 1 aromatic rings. The van der Waals surface area contributed by atoms with Gasteiger partial charge in [-0.3, -0.25) is 9.59 Å². The second kappa shape index (κ2) is 7.39. The van der Waals surface area contributed by atoms with Crippen molar-refractivity contribution in [3.8, 4) is 0 Å². The molecule has 0 aliphatic carbocycles. The zero-order valence-electron chi connectivity index (χ0n) is 12.2. The summed E-state index contributed by atoms with van der Waals surface area (Å²) in [6.45, 7) is 0.711. The number of hydrogen-bond acceptors (Lipinski definition) is 5. The second-order valence-electron chi connectivity index (χ2n) is 5.29. The van der Waals surface area contributed by atoms with Crippen LogP contribution in [0.1, 0.15) is 28.8 Å². The van der Waals surface area contributed by atoms with Gasteiger partial charge < -0.3 is 26.0 Å². The van der Waals surface area contributed by atoms with Crippen molar-refractivity contribution in [3.05, 3.63) is 35.4 Å². The fourth-order valence-electron chi connectivity index (χ4n) is 2.56. The van der Waals surface area contributed by atoms with Crippen molar-refractivity contribution in [2.75, 3.05) is 13.1 Å². The van der Waals surface area contributed by atoms with Crippen LogP contribution in [0.25, 0.3) is 0 Å². The van der Waals surface area contributed by atoms with Crippen molar-refractivity contribution in [3.63, 3.8) is 0 Å². The number of likely N-dealkylation sites (tertiary alicyclic amines) is 1. The molecule has 0 radical (unpaired) electrons. The predicted octanol–water partition coefficient (Wildman–Crippen LogP) is -1.12. The summed E-state index contributed by atoms with van der Waals surface area (Å²) >= 11 is 0. The van der Waals surface area contributed by atoms with E-state index < -0.39 is 13.1 Å². The monoisotopic (exact) mass is 305 g/mol. The van der Waals surface area contributed by atoms with E-state index in [-0.39, 0.29) is 18.4 Å². The van der Waals surface area contributed by atoms with Gasteiger partial charge in [-0.05, 0) is 30.5 Å². The van der Waals surface area contributed by atoms with Gasteiger partial charge in [-0.25, -0.2) is 0 Å². The maximum atomic E-state index is 12.1. The fourth-order valence-corrected chi connectivity index (χ4v) is 2.56. The Hall–Kier alpha value is -1.90. The van der Waals surface area contributed by atoms with Crippen LogP contribution in [0.4, 0.5) is 0 Å². The van der Waals surface area contributed by atoms with Crippen LogP contribution in [-0.2, 0) is 11.3 Å². The third-order valence-electron chi connectivity index (χ3n) is 3.82. The van der Waals surface area contributed by atoms with E-state index in [1.54, 1.807) is 24.3 Å². The smallest absolute Gasteiger partial charge is 0.426 e. The number of carbonyl (C=O) groups is 2. The van der Waals surface area contributed by atoms with Gasteiger partial charge in [-0.1, -0.05) is 12.1 Å². The number of nitrogens with one attached hydrogen (secondary N) is 1. The lowest BCUT2D eigenvalue weighted by atomic mass is 9.78. The van der Waals surface area contributed by atoms with Crippen LogP contribution in [-0.4, -0.2) is 52.9 Å². The van der Waals surface area contributed by atoms with Crippen molar-refractivity contribution >= 4 is 18.9 Å². The highest BCUT2D eigenvalue weighted by Crippen LogP contribution is 2.17. The van der Waals surface area contributed by atoms with Crippen LogP contribution >= 0.6 is 0 Å². The summed E-state index contributed by atoms with van der Waals surface area (Å²) in [6.07, 6.45) is 1.28. The van der Waals surface area contributed by atoms with Gasteiger partial charge >= 0.3 is 7.12 Å². The lowest BCUT2D eigenvalue weighted by Gasteiger charge is -2.24. The number of benzene rings is 1. The van der Waals surface area contributed by atoms with Crippen molar-refractivity contribution in [2.24, 2.45) is 5.73 Å². The molecule has 5 N–H and O–H groups in total. The maximum absolute atomic E-state index is 12.1. The summed E-state index contributed by atoms with van der Waals surface area (Å²) in [5, 5.41) is 21.0. The Morgan fingerprint density at radius 3 is 2.59 bits per heavy atom. The zero-order chi connectivity index (χ0) is 16.1. The minimum atomic E-state index is -1.55. The highest BCUT2D eigenvalue weighted by atomic mass is 16.4. The van der Waals surface area contributed by atoms with Gasteiger partial charge in [0.15, 0.2) is 0 Å². The average molecular weight is 305 g/mol. The molecular formula is C14H20BN3O4. The van der Waals surface area contributed by atoms with Crippen LogP contribution in [0.2, 0.25) is 0 Å². The topological polar surface area (TPSA) is 116 Å². The first kappa shape index (κ1) is 16.5. The summed E-state index contributed by atoms with van der Waals surface area (Å²) in [4.78, 5) is 25.4. The molecule has 118 valence electrons. The largest absolute Gasteiger partial charge is 0.475 e. The van der Waals surface area contributed by atoms with Gasteiger partial charge in [0.05, 0.1) is 12.5 Å². The summed E-state index contributed by atoms with van der Waals surface area (Å²) in [5.41, 5.74) is 6.86. The molecule has 1 unspecified atom stereocenters. The Balaban J connectivity index is 1.88. The molecule has 1 heterocycles. The Morgan fingerprint density at radius 1 is 1.32 bits per heavy atom. The molecular weight excluding hydrogens is 285 g/mol. The van der Waals surface area contributed by atoms with Crippen LogP contribution < -0.4 is 11.1 Å². The Kier molecular flexibility index (Phi) is 5.54. The first-order valence-corrected chi connectivity index (χ1v) is 7.25. The third kappa shape index (κ3) is 3.85. The van der Waals surface area contributed by atoms with Gasteiger partial charge in [0, 0.05) is 18.7 Å². The number of nitrogens with two attached hydrogens (primary N) is 1. The number of hydrogen-bond donors (Lipinski definition) is 4. The van der Waals surface area contributed by atoms with E-state index in [1.165, 1.54) is 4.90 Å². The van der Waals surface area contributed by atoms with Gasteiger partial charge in [0.1, 0.15) is 0 Å². The highest BCUT2D eigenvalue weighted by Gasteiger charge is 2.36. The maximum Gasteiger partial charge on any atom is 0.475 e. The van der Waals surface area contributed by atoms with Crippen molar-refractivity contribution in [2.45, 2.75) is 25.3 Å². The van der Waals surface area contributed by atoms with Gasteiger partial charge in [-0.15, -0.1) is 0 Å². The van der Waals surface area contributed by atoms with Crippen LogP contribution in [0.15, 0.2) is 24.3 Å². The van der Waals surface area contributed by atoms with E-state index in [0.717, 1.165) is 12.0 Å². The Bertz CT molecular complexity index is 535. The summed E-state index contributed by atoms with van der Waals surface area (Å²) < 4.78 is 0. The van der Waals surface area contributed by atoms with Crippen LogP contribution in [0.3, 0.4) is 0 Å². The first-order chi connectivity index (χ1) is 10.5. The van der Waals surface area contributed by atoms with Crippen molar-refractivity contribution < 1.29 is 19.6 Å². The Labute approximate surface area is 129 Å². The van der Waals surface area contributed by atoms with E-state index in [4.69, 9.17) is 5.73 Å². The van der Waals surface area contributed by atoms with Crippen LogP contribution in [0, 0.1) is 0 Å². The van der Waals surface area contributed by atoms with Gasteiger partial charge in [0.2, 0.25) is 5.91 Å². The minimum absolute atomic E-state index is 0.166. The number of nitrogens with zero attached hydrogens (tertiary/aromatic N) is 1. The SMILES string of the molecule is NCc1ccc(C(=O)NCC(=O)N2CCCC2B(O)O)cc1. The summed E-state index contributed by atoms with van der Waals surface area (Å²) in [7, 11) is -1.55. The van der Waals surface area contributed by atoms with E-state index in [0.29, 0.717) is 25.1 Å². The summed E-state index contributed by atoms with van der Waals surface area (Å²) in [6, 6.07) is 6.82. The number of carbonyl (C=O) groups excluding carboxylic acids is 2. The molecule has 22 heavy (non-hydrogen) atoms. The molecule has 1 aliphatic rings. The van der Waals surface area contributed by atoms with Crippen molar-refractivity contribution in [1.29, 1.82) is 0 Å². The molecule has 0 spiro atoms. The minimum Gasteiger partial charge on any atom is -0.426 e. The normalized spacial score (nSPS) is 17.4. The van der Waals surface area contributed by atoms with Crippen molar-refractivity contribution in [1.82, 2.24) is 10.2 Å². The quantitative estimate of drug-likeness (QED) is 0.514. The number of amides is 2. The van der Waals surface area contributed by atoms with Crippen LogP contribution in [0.5, 0.6) is 0 Å². The average Bonchev–Trinajstić information content (AvgIpc) is 3.02. The Morgan fingerprint density at radius 2 is 2.00 bits per heavy atom. The molecule has 0 saturated carbocycles. The molecule has 0 bridgehead atoms. The molecule has 1 aromatic carbocycles. The van der Waals surface area contributed by atoms with E-state index >= 15 is 0 Å². The van der Waals surface area contributed by atoms with Gasteiger partial charge in [-0.2, -0.15) is 0 Å². The zero-order valence-corrected chi connectivity index (χ0v) is 12.2. The molecule has 1 aliphatic heterocycles. The molecule has 1 saturated heterocycles. The molecule has 1 atom stereocenters. The lowest BCUT2D eigenvalue weighted by molar-refractivity contribution is -0.130. The molecule has 0 aromatic heterocycles. The molecule has 2 amide bonds. The van der Waals surface area contributed by atoms with E-state index in [1.807, 2.05) is 0 Å². The highest BCUT2D eigenvalue weighted by molar-refractivity contribution is 6.43. The fraction of sp³-hybridized carbons (Fsp3) is 0.429. The standard InChI is InChI=1S/C14H20BN3O4/c16-8-10-3-5-11(6-4-10)14(20)17-9-13(19)18-7-1-2-12(18)15(21)22/h3-6,12,21-22H,1-2,7-9,16H2,(H,17,20). The molecule has 1 fully saturated rings. The molecule has 2 rings (SSSR count). The lowest BCUT2D eigenvalue weighted by Crippen LogP contribution is -2.48. The predicted molar refractivity (Wildman–Crippen MR) is 81.6 cm³/mol. The first-order valence-electron chi connectivity index (χ1n) is 7.25. The van der Waals surface area contributed by atoms with E-state index in [2.05, 4.69) is 5.32 Å². The van der Waals surface area contributed by atoms with E-state index in [9.17, 15) is 19.6 Å². The molecule has 7 nitrogen and oxygen atoms in total. The molecule has 8 heteroatoms.